The zero-order chi connectivity index (χ0) is 19.3. The molecule has 0 aliphatic carbocycles. The number of carbonyl (C=O) groups excluding carboxylic acids is 1. The molecule has 0 fully saturated rings. The monoisotopic (exact) mass is 409 g/mol. The van der Waals surface area contributed by atoms with Crippen LogP contribution < -0.4 is 5.32 Å². The molecule has 4 nitrogen and oxygen atoms in total. The number of hydrogen-bond donors (Lipinski definition) is 1. The van der Waals surface area contributed by atoms with E-state index in [9.17, 15) is 4.79 Å². The molecule has 0 bridgehead atoms. The molecule has 3 aromatic rings. The van der Waals surface area contributed by atoms with Crippen LogP contribution in [0.4, 0.5) is 5.13 Å². The van der Waals surface area contributed by atoms with Gasteiger partial charge in [-0.2, -0.15) is 0 Å². The summed E-state index contributed by atoms with van der Waals surface area (Å²) in [7, 11) is 0. The number of aromatic nitrogens is 1. The molecule has 0 unspecified atom stereocenters. The highest BCUT2D eigenvalue weighted by atomic mass is 32.2. The van der Waals surface area contributed by atoms with Gasteiger partial charge in [-0.25, -0.2) is 4.98 Å². The van der Waals surface area contributed by atoms with Crippen LogP contribution in [0.3, 0.4) is 0 Å². The van der Waals surface area contributed by atoms with Crippen molar-refractivity contribution in [1.29, 1.82) is 0 Å². The second-order valence-corrected chi connectivity index (χ2v) is 8.89. The third-order valence-electron chi connectivity index (χ3n) is 4.84. The predicted octanol–water partition coefficient (Wildman–Crippen LogP) is 5.07. The molecule has 2 heterocycles. The Kier molecular flexibility index (Phi) is 6.10. The summed E-state index contributed by atoms with van der Waals surface area (Å²) in [6, 6.07) is 18.2. The molecular formula is C22H23N3OS2. The number of thiazole rings is 1. The van der Waals surface area contributed by atoms with Crippen molar-refractivity contribution in [3.05, 3.63) is 76.3 Å². The maximum absolute atomic E-state index is 12.6. The van der Waals surface area contributed by atoms with Crippen LogP contribution in [0.15, 0.2) is 59.5 Å². The SMILES string of the molecule is CCN1CCc2nc(NC(=O)c3ccc(CSc4ccccc4)cc3)sc2C1. The minimum absolute atomic E-state index is 0.0966. The molecule has 1 amide bonds. The van der Waals surface area contributed by atoms with Crippen molar-refractivity contribution in [1.82, 2.24) is 9.88 Å². The number of amides is 1. The van der Waals surface area contributed by atoms with E-state index in [0.29, 0.717) is 10.7 Å². The van der Waals surface area contributed by atoms with Gasteiger partial charge in [-0.05, 0) is 36.4 Å². The maximum Gasteiger partial charge on any atom is 0.257 e. The van der Waals surface area contributed by atoms with E-state index in [0.717, 1.165) is 37.5 Å². The number of nitrogens with zero attached hydrogens (tertiary/aromatic N) is 2. The van der Waals surface area contributed by atoms with Gasteiger partial charge in [-0.15, -0.1) is 23.1 Å². The van der Waals surface area contributed by atoms with Crippen LogP contribution in [-0.4, -0.2) is 28.9 Å². The molecule has 0 saturated carbocycles. The fraction of sp³-hybridized carbons (Fsp3) is 0.273. The molecule has 144 valence electrons. The van der Waals surface area contributed by atoms with Crippen LogP contribution in [0.1, 0.15) is 33.4 Å². The molecule has 6 heteroatoms. The van der Waals surface area contributed by atoms with E-state index >= 15 is 0 Å². The van der Waals surface area contributed by atoms with Gasteiger partial charge in [0, 0.05) is 40.6 Å². The predicted molar refractivity (Wildman–Crippen MR) is 117 cm³/mol. The first kappa shape index (κ1) is 19.2. The number of thioether (sulfide) groups is 1. The Morgan fingerprint density at radius 3 is 2.71 bits per heavy atom. The van der Waals surface area contributed by atoms with Crippen molar-refractivity contribution >= 4 is 34.1 Å². The minimum Gasteiger partial charge on any atom is -0.298 e. The summed E-state index contributed by atoms with van der Waals surface area (Å²) in [5.74, 6) is 0.791. The van der Waals surface area contributed by atoms with Gasteiger partial charge in [0.25, 0.3) is 5.91 Å². The van der Waals surface area contributed by atoms with Crippen LogP contribution in [-0.2, 0) is 18.7 Å². The third-order valence-corrected chi connectivity index (χ3v) is 6.92. The average molecular weight is 410 g/mol. The van der Waals surface area contributed by atoms with Gasteiger partial charge in [0.2, 0.25) is 0 Å². The first-order chi connectivity index (χ1) is 13.7. The summed E-state index contributed by atoms with van der Waals surface area (Å²) in [6.07, 6.45) is 0.962. The lowest BCUT2D eigenvalue weighted by molar-refractivity contribution is 0.102. The van der Waals surface area contributed by atoms with Gasteiger partial charge in [-0.3, -0.25) is 15.0 Å². The van der Waals surface area contributed by atoms with Crippen LogP contribution in [0.25, 0.3) is 0 Å². The summed E-state index contributed by atoms with van der Waals surface area (Å²) in [4.78, 5) is 22.1. The van der Waals surface area contributed by atoms with Gasteiger partial charge in [0.05, 0.1) is 5.69 Å². The highest BCUT2D eigenvalue weighted by molar-refractivity contribution is 7.98. The Hall–Kier alpha value is -2.15. The van der Waals surface area contributed by atoms with E-state index in [1.807, 2.05) is 42.5 Å². The van der Waals surface area contributed by atoms with Crippen molar-refractivity contribution in [3.63, 3.8) is 0 Å². The Balaban J connectivity index is 1.36. The Bertz CT molecular complexity index is 938. The highest BCUT2D eigenvalue weighted by Crippen LogP contribution is 2.28. The molecule has 0 radical (unpaired) electrons. The molecule has 4 rings (SSSR count). The summed E-state index contributed by atoms with van der Waals surface area (Å²) in [6.45, 7) is 5.21. The first-order valence-electron chi connectivity index (χ1n) is 9.50. The van der Waals surface area contributed by atoms with Crippen LogP contribution in [0, 0.1) is 0 Å². The lowest BCUT2D eigenvalue weighted by Gasteiger charge is -2.23. The van der Waals surface area contributed by atoms with Gasteiger partial charge < -0.3 is 0 Å². The molecule has 0 saturated heterocycles. The van der Waals surface area contributed by atoms with E-state index < -0.39 is 0 Å². The van der Waals surface area contributed by atoms with Crippen molar-refractivity contribution < 1.29 is 4.79 Å². The number of likely N-dealkylation sites (N-methyl/N-ethyl adjacent to an activating group) is 1. The fourth-order valence-corrected chi connectivity index (χ4v) is 5.10. The molecule has 1 aliphatic rings. The molecule has 2 aromatic carbocycles. The Morgan fingerprint density at radius 1 is 1.18 bits per heavy atom. The lowest BCUT2D eigenvalue weighted by Crippen LogP contribution is -2.29. The maximum atomic E-state index is 12.6. The lowest BCUT2D eigenvalue weighted by atomic mass is 10.1. The quantitative estimate of drug-likeness (QED) is 0.578. The topological polar surface area (TPSA) is 45.2 Å². The first-order valence-corrected chi connectivity index (χ1v) is 11.3. The van der Waals surface area contributed by atoms with Gasteiger partial charge in [0.15, 0.2) is 5.13 Å². The molecule has 1 aromatic heterocycles. The minimum atomic E-state index is -0.0966. The highest BCUT2D eigenvalue weighted by Gasteiger charge is 2.20. The molecule has 0 atom stereocenters. The van der Waals surface area contributed by atoms with Crippen LogP contribution >= 0.6 is 23.1 Å². The second-order valence-electron chi connectivity index (χ2n) is 6.76. The van der Waals surface area contributed by atoms with E-state index in [1.165, 1.54) is 15.3 Å². The molecule has 1 N–H and O–H groups in total. The van der Waals surface area contributed by atoms with Crippen LogP contribution in [0.5, 0.6) is 0 Å². The van der Waals surface area contributed by atoms with Crippen molar-refractivity contribution in [3.8, 4) is 0 Å². The molecule has 28 heavy (non-hydrogen) atoms. The number of anilines is 1. The normalized spacial score (nSPS) is 13.9. The second kappa shape index (κ2) is 8.90. The standard InChI is InChI=1S/C22H23N3OS2/c1-2-25-13-12-19-20(14-25)28-22(23-19)24-21(26)17-10-8-16(9-11-17)15-27-18-6-4-3-5-7-18/h3-11H,2,12-15H2,1H3,(H,23,24,26). The van der Waals surface area contributed by atoms with Crippen molar-refractivity contribution in [2.45, 2.75) is 30.5 Å². The van der Waals surface area contributed by atoms with E-state index in [1.54, 1.807) is 23.1 Å². The van der Waals surface area contributed by atoms with Crippen molar-refractivity contribution in [2.75, 3.05) is 18.4 Å². The number of benzene rings is 2. The Morgan fingerprint density at radius 2 is 1.96 bits per heavy atom. The van der Waals surface area contributed by atoms with E-state index in [2.05, 4.69) is 34.3 Å². The number of hydrogen-bond acceptors (Lipinski definition) is 5. The van der Waals surface area contributed by atoms with Gasteiger partial charge >= 0.3 is 0 Å². The average Bonchev–Trinajstić information content (AvgIpc) is 3.14. The van der Waals surface area contributed by atoms with Crippen LogP contribution in [0.2, 0.25) is 0 Å². The van der Waals surface area contributed by atoms with Gasteiger partial charge in [0.1, 0.15) is 0 Å². The van der Waals surface area contributed by atoms with Crippen molar-refractivity contribution in [2.24, 2.45) is 0 Å². The van der Waals surface area contributed by atoms with E-state index in [-0.39, 0.29) is 5.91 Å². The zero-order valence-corrected chi connectivity index (χ0v) is 17.5. The summed E-state index contributed by atoms with van der Waals surface area (Å²) >= 11 is 3.39. The summed E-state index contributed by atoms with van der Waals surface area (Å²) in [5.41, 5.74) is 3.00. The molecule has 0 spiro atoms. The number of fused-ring (bicyclic) bond motifs is 1. The Labute approximate surface area is 174 Å². The largest absolute Gasteiger partial charge is 0.298 e. The van der Waals surface area contributed by atoms with E-state index in [4.69, 9.17) is 0 Å². The van der Waals surface area contributed by atoms with Gasteiger partial charge in [-0.1, -0.05) is 37.3 Å². The summed E-state index contributed by atoms with van der Waals surface area (Å²) in [5, 5.41) is 3.68. The fourth-order valence-electron chi connectivity index (χ4n) is 3.18. The summed E-state index contributed by atoms with van der Waals surface area (Å²) < 4.78 is 0. The smallest absolute Gasteiger partial charge is 0.257 e. The zero-order valence-electron chi connectivity index (χ0n) is 15.9. The third kappa shape index (κ3) is 4.63. The molecular weight excluding hydrogens is 386 g/mol. The number of nitrogens with one attached hydrogen (secondary N) is 1. The number of carbonyl (C=O) groups is 1. The number of rotatable bonds is 6. The molecule has 1 aliphatic heterocycles.